The van der Waals surface area contributed by atoms with Crippen molar-refractivity contribution in [3.8, 4) is 0 Å². The van der Waals surface area contributed by atoms with Crippen LogP contribution in [0, 0.1) is 30.3 Å². The molecule has 1 rings (SSSR count). The number of hydrogen-bond acceptors (Lipinski definition) is 6. The zero-order chi connectivity index (χ0) is 11.6. The second kappa shape index (κ2) is 5.35. The molecule has 0 spiro atoms. The first-order valence-corrected chi connectivity index (χ1v) is 3.59. The minimum absolute atomic E-state index is 0. The van der Waals surface area contributed by atoms with Crippen LogP contribution in [0.15, 0.2) is 0 Å². The molecule has 12 nitrogen and oxygen atoms in total. The van der Waals surface area contributed by atoms with Crippen molar-refractivity contribution in [1.82, 2.24) is 15.0 Å². The van der Waals surface area contributed by atoms with E-state index in [9.17, 15) is 30.3 Å². The number of hydrazine groups is 3. The van der Waals surface area contributed by atoms with Crippen molar-refractivity contribution in [1.29, 1.82) is 0 Å². The van der Waals surface area contributed by atoms with Crippen molar-refractivity contribution in [3.63, 3.8) is 0 Å². The molecule has 0 aromatic heterocycles. The van der Waals surface area contributed by atoms with Gasteiger partial charge in [-0.25, -0.2) is 30.3 Å². The predicted molar refractivity (Wildman–Crippen MR) is 41.1 cm³/mol. The van der Waals surface area contributed by atoms with Crippen molar-refractivity contribution in [2.24, 2.45) is 0 Å². The molecule has 0 aromatic rings. The van der Waals surface area contributed by atoms with Crippen molar-refractivity contribution in [2.75, 3.05) is 20.0 Å². The Morgan fingerprint density at radius 1 is 0.688 bits per heavy atom. The van der Waals surface area contributed by atoms with Crippen molar-refractivity contribution in [3.05, 3.63) is 30.3 Å². The molecule has 0 N–H and O–H groups in total. The molecule has 0 atom stereocenters. The second-order valence-corrected chi connectivity index (χ2v) is 2.66. The molecule has 0 radical (unpaired) electrons. The summed E-state index contributed by atoms with van der Waals surface area (Å²) in [5.41, 5.74) is 0. The molecule has 1 heterocycles. The molecule has 1 saturated heterocycles. The van der Waals surface area contributed by atoms with Crippen LogP contribution in [0.4, 0.5) is 0 Å². The molecule has 1 fully saturated rings. The van der Waals surface area contributed by atoms with Crippen molar-refractivity contribution >= 4 is 0 Å². The molecule has 16 heavy (non-hydrogen) atoms. The van der Waals surface area contributed by atoms with E-state index in [-0.39, 0.29) is 19.5 Å². The Balaban J connectivity index is 0.00000225. The van der Waals surface area contributed by atoms with Gasteiger partial charge in [0.15, 0.2) is 15.1 Å². The Morgan fingerprint density at radius 2 is 0.875 bits per heavy atom. The molecular formula is C3H6N6O6Zn+2. The quantitative estimate of drug-likeness (QED) is 0.339. The zero-order valence-corrected chi connectivity index (χ0v) is 10.9. The Bertz CT molecular complexity index is 257. The van der Waals surface area contributed by atoms with E-state index in [1.54, 1.807) is 0 Å². The van der Waals surface area contributed by atoms with E-state index in [1.165, 1.54) is 0 Å². The monoisotopic (exact) mass is 286 g/mol. The Kier molecular flexibility index (Phi) is 4.75. The first-order valence-electron chi connectivity index (χ1n) is 3.59. The Labute approximate surface area is 100 Å². The van der Waals surface area contributed by atoms with Crippen LogP contribution in [0.5, 0.6) is 0 Å². The number of nitrogens with zero attached hydrogens (tertiary/aromatic N) is 6. The van der Waals surface area contributed by atoms with Gasteiger partial charge in [-0.3, -0.25) is 0 Å². The van der Waals surface area contributed by atoms with E-state index in [0.717, 1.165) is 0 Å². The largest absolute Gasteiger partial charge is 2.00 e. The summed E-state index contributed by atoms with van der Waals surface area (Å²) < 4.78 is 0. The molecule has 0 aromatic carbocycles. The summed E-state index contributed by atoms with van der Waals surface area (Å²) in [6, 6.07) is 0. The van der Waals surface area contributed by atoms with Crippen LogP contribution < -0.4 is 0 Å². The van der Waals surface area contributed by atoms with E-state index in [1.807, 2.05) is 0 Å². The molecule has 0 saturated carbocycles. The number of rotatable bonds is 3. The van der Waals surface area contributed by atoms with Crippen LogP contribution >= 0.6 is 0 Å². The number of nitro groups is 3. The van der Waals surface area contributed by atoms with Crippen LogP contribution in [0.2, 0.25) is 0 Å². The summed E-state index contributed by atoms with van der Waals surface area (Å²) in [5, 5.41) is 29.3. The summed E-state index contributed by atoms with van der Waals surface area (Å²) in [6.45, 7) is -1.78. The Morgan fingerprint density at radius 3 is 1.00 bits per heavy atom. The zero-order valence-electron chi connectivity index (χ0n) is 7.96. The third-order valence-electron chi connectivity index (χ3n) is 1.67. The average molecular weight is 288 g/mol. The SMILES string of the molecule is O=[N+]([O-])N1CN([N+](=O)[O-])CN([N+](=O)[O-])C1.[Zn+2]. The van der Waals surface area contributed by atoms with Crippen molar-refractivity contribution < 1.29 is 34.6 Å². The van der Waals surface area contributed by atoms with E-state index < -0.39 is 35.1 Å². The number of hydrogen-bond donors (Lipinski definition) is 0. The third-order valence-corrected chi connectivity index (χ3v) is 1.67. The minimum Gasteiger partial charge on any atom is -0.235 e. The maximum Gasteiger partial charge on any atom is 2.00 e. The summed E-state index contributed by atoms with van der Waals surface area (Å²) in [6.07, 6.45) is 0. The fraction of sp³-hybridized carbons (Fsp3) is 1.00. The molecular weight excluding hydrogens is 281 g/mol. The van der Waals surface area contributed by atoms with E-state index >= 15 is 0 Å². The molecule has 0 amide bonds. The van der Waals surface area contributed by atoms with Gasteiger partial charge in [0.25, 0.3) is 0 Å². The fourth-order valence-electron chi connectivity index (χ4n) is 1.01. The van der Waals surface area contributed by atoms with Gasteiger partial charge in [-0.15, -0.1) is 0 Å². The Hall–Kier alpha value is -1.78. The van der Waals surface area contributed by atoms with E-state index in [2.05, 4.69) is 0 Å². The minimum atomic E-state index is -0.924. The van der Waals surface area contributed by atoms with Crippen molar-refractivity contribution in [2.45, 2.75) is 0 Å². The first-order chi connectivity index (χ1) is 6.91. The second-order valence-electron chi connectivity index (χ2n) is 2.66. The molecule has 13 heteroatoms. The van der Waals surface area contributed by atoms with Crippen LogP contribution in [-0.2, 0) is 19.5 Å². The normalized spacial score (nSPS) is 15.4. The van der Waals surface area contributed by atoms with Gasteiger partial charge in [0.1, 0.15) is 0 Å². The van der Waals surface area contributed by atoms with Gasteiger partial charge >= 0.3 is 19.5 Å². The summed E-state index contributed by atoms with van der Waals surface area (Å²) in [5.74, 6) is 0. The van der Waals surface area contributed by atoms with Gasteiger partial charge in [-0.1, -0.05) is 15.0 Å². The van der Waals surface area contributed by atoms with Crippen LogP contribution in [0.25, 0.3) is 0 Å². The molecule has 1 aliphatic heterocycles. The van der Waals surface area contributed by atoms with Gasteiger partial charge in [0, 0.05) is 0 Å². The van der Waals surface area contributed by atoms with E-state index in [4.69, 9.17) is 0 Å². The summed E-state index contributed by atoms with van der Waals surface area (Å²) >= 11 is 0. The fourth-order valence-corrected chi connectivity index (χ4v) is 1.01. The van der Waals surface area contributed by atoms with Crippen LogP contribution in [-0.4, -0.2) is 50.1 Å². The average Bonchev–Trinajstić information content (AvgIpc) is 2.16. The maximum atomic E-state index is 10.3. The van der Waals surface area contributed by atoms with Crippen LogP contribution in [0.1, 0.15) is 0 Å². The summed E-state index contributed by atoms with van der Waals surface area (Å²) in [7, 11) is 0. The molecule has 0 bridgehead atoms. The van der Waals surface area contributed by atoms with Gasteiger partial charge in [-0.2, -0.15) is 0 Å². The topological polar surface area (TPSA) is 139 Å². The predicted octanol–water partition coefficient (Wildman–Crippen LogP) is -1.65. The molecule has 84 valence electrons. The molecule has 1 aliphatic rings. The molecule has 0 unspecified atom stereocenters. The van der Waals surface area contributed by atoms with E-state index in [0.29, 0.717) is 15.0 Å². The van der Waals surface area contributed by atoms with Gasteiger partial charge < -0.3 is 0 Å². The van der Waals surface area contributed by atoms with Gasteiger partial charge in [0.2, 0.25) is 20.0 Å². The maximum absolute atomic E-state index is 10.3. The first kappa shape index (κ1) is 14.2. The van der Waals surface area contributed by atoms with Gasteiger partial charge in [0.05, 0.1) is 0 Å². The standard InChI is InChI=1S/C3H6N6O6.Zn/c10-7(11)4-1-5(8(12)13)3-6(2-4)9(14)15;/h1-3H2;/q;+2. The summed E-state index contributed by atoms with van der Waals surface area (Å²) in [4.78, 5) is 31.0. The van der Waals surface area contributed by atoms with Crippen LogP contribution in [0.3, 0.4) is 0 Å². The third kappa shape index (κ3) is 3.12. The smallest absolute Gasteiger partial charge is 0.235 e. The van der Waals surface area contributed by atoms with Gasteiger partial charge in [-0.05, 0) is 0 Å². The molecule has 0 aliphatic carbocycles.